The minimum absolute atomic E-state index is 0.131. The van der Waals surface area contributed by atoms with E-state index in [4.69, 9.17) is 0 Å². The van der Waals surface area contributed by atoms with Gasteiger partial charge in [-0.05, 0) is 55.2 Å². The third kappa shape index (κ3) is 4.34. The van der Waals surface area contributed by atoms with Crippen molar-refractivity contribution in [3.8, 4) is 11.3 Å². The summed E-state index contributed by atoms with van der Waals surface area (Å²) < 4.78 is 0. The summed E-state index contributed by atoms with van der Waals surface area (Å²) in [6.45, 7) is 2.33. The van der Waals surface area contributed by atoms with Crippen LogP contribution in [-0.2, 0) is 6.54 Å². The number of benzene rings is 1. The summed E-state index contributed by atoms with van der Waals surface area (Å²) in [5.41, 5.74) is 3.60. The van der Waals surface area contributed by atoms with Gasteiger partial charge in [-0.1, -0.05) is 12.1 Å². The molecular formula is C22H23N5O. The largest absolute Gasteiger partial charge is 0.350 e. The van der Waals surface area contributed by atoms with Crippen LogP contribution in [0, 0.1) is 0 Å². The Balaban J connectivity index is 1.38. The second-order valence-electron chi connectivity index (χ2n) is 6.91. The first-order chi connectivity index (χ1) is 13.8. The van der Waals surface area contributed by atoms with Gasteiger partial charge in [-0.25, -0.2) is 9.97 Å². The molecule has 2 aromatic heterocycles. The highest BCUT2D eigenvalue weighted by atomic mass is 16.2. The number of likely N-dealkylation sites (tertiary alicyclic amines) is 1. The first-order valence-corrected chi connectivity index (χ1v) is 9.65. The summed E-state index contributed by atoms with van der Waals surface area (Å²) in [7, 11) is 0. The van der Waals surface area contributed by atoms with Crippen LogP contribution in [0.15, 0.2) is 61.1 Å². The summed E-state index contributed by atoms with van der Waals surface area (Å²) in [5, 5.41) is 3.25. The Morgan fingerprint density at radius 3 is 2.57 bits per heavy atom. The predicted molar refractivity (Wildman–Crippen MR) is 109 cm³/mol. The van der Waals surface area contributed by atoms with E-state index in [2.05, 4.69) is 20.3 Å². The highest BCUT2D eigenvalue weighted by molar-refractivity contribution is 5.94. The second-order valence-corrected chi connectivity index (χ2v) is 6.91. The van der Waals surface area contributed by atoms with Crippen molar-refractivity contribution in [3.05, 3.63) is 72.2 Å². The number of amides is 1. The SMILES string of the molecule is O=C(c1ccc(CNc2nccc(-c3cccnc3)n2)cc1)N1CCCCC1. The molecule has 6 nitrogen and oxygen atoms in total. The van der Waals surface area contributed by atoms with Gasteiger partial charge in [0.2, 0.25) is 5.95 Å². The molecule has 0 unspecified atom stereocenters. The summed E-state index contributed by atoms with van der Waals surface area (Å²) in [4.78, 5) is 27.5. The fourth-order valence-electron chi connectivity index (χ4n) is 3.34. The van der Waals surface area contributed by atoms with Gasteiger partial charge in [0.1, 0.15) is 0 Å². The minimum Gasteiger partial charge on any atom is -0.350 e. The van der Waals surface area contributed by atoms with Crippen molar-refractivity contribution in [3.63, 3.8) is 0 Å². The number of aromatic nitrogens is 3. The van der Waals surface area contributed by atoms with Crippen LogP contribution in [0.25, 0.3) is 11.3 Å². The molecule has 0 atom stereocenters. The van der Waals surface area contributed by atoms with Crippen molar-refractivity contribution in [1.82, 2.24) is 19.9 Å². The van der Waals surface area contributed by atoms with E-state index in [-0.39, 0.29) is 5.91 Å². The van der Waals surface area contributed by atoms with Gasteiger partial charge in [-0.2, -0.15) is 0 Å². The summed E-state index contributed by atoms with van der Waals surface area (Å²) >= 11 is 0. The average molecular weight is 373 g/mol. The highest BCUT2D eigenvalue weighted by Gasteiger charge is 2.17. The topological polar surface area (TPSA) is 71.0 Å². The van der Waals surface area contributed by atoms with Crippen LogP contribution in [0.5, 0.6) is 0 Å². The minimum atomic E-state index is 0.131. The number of hydrogen-bond donors (Lipinski definition) is 1. The van der Waals surface area contributed by atoms with Crippen molar-refractivity contribution in [1.29, 1.82) is 0 Å². The van der Waals surface area contributed by atoms with Gasteiger partial charge in [0, 0.05) is 49.4 Å². The molecule has 1 aliphatic heterocycles. The number of carbonyl (C=O) groups excluding carboxylic acids is 1. The lowest BCUT2D eigenvalue weighted by atomic mass is 10.1. The molecule has 1 aliphatic rings. The third-order valence-electron chi connectivity index (χ3n) is 4.91. The fraction of sp³-hybridized carbons (Fsp3) is 0.273. The Bertz CT molecular complexity index is 921. The average Bonchev–Trinajstić information content (AvgIpc) is 2.79. The standard InChI is InChI=1S/C22H23N5O/c28-21(27-13-2-1-3-14-27)18-8-6-17(7-9-18)15-25-22-24-12-10-20(26-22)19-5-4-11-23-16-19/h4-12,16H,1-3,13-15H2,(H,24,25,26). The van der Waals surface area contributed by atoms with Crippen molar-refractivity contribution in [2.24, 2.45) is 0 Å². The van der Waals surface area contributed by atoms with Crippen LogP contribution in [-0.4, -0.2) is 38.8 Å². The Labute approximate surface area is 164 Å². The van der Waals surface area contributed by atoms with Crippen molar-refractivity contribution in [2.45, 2.75) is 25.8 Å². The number of piperidine rings is 1. The van der Waals surface area contributed by atoms with Crippen LogP contribution >= 0.6 is 0 Å². The number of nitrogens with one attached hydrogen (secondary N) is 1. The lowest BCUT2D eigenvalue weighted by molar-refractivity contribution is 0.0724. The molecule has 6 heteroatoms. The number of hydrogen-bond acceptors (Lipinski definition) is 5. The molecule has 1 N–H and O–H groups in total. The van der Waals surface area contributed by atoms with Crippen molar-refractivity contribution < 1.29 is 4.79 Å². The molecule has 142 valence electrons. The van der Waals surface area contributed by atoms with Crippen molar-refractivity contribution in [2.75, 3.05) is 18.4 Å². The highest BCUT2D eigenvalue weighted by Crippen LogP contribution is 2.17. The molecule has 3 aromatic rings. The van der Waals surface area contributed by atoms with Gasteiger partial charge >= 0.3 is 0 Å². The first kappa shape index (κ1) is 18.1. The van der Waals surface area contributed by atoms with Gasteiger partial charge in [0.05, 0.1) is 5.69 Å². The fourth-order valence-corrected chi connectivity index (χ4v) is 3.34. The molecule has 1 saturated heterocycles. The zero-order chi connectivity index (χ0) is 19.2. The maximum atomic E-state index is 12.5. The molecule has 0 bridgehead atoms. The van der Waals surface area contributed by atoms with E-state index in [9.17, 15) is 4.79 Å². The van der Waals surface area contributed by atoms with Crippen LogP contribution in [0.4, 0.5) is 5.95 Å². The molecule has 0 saturated carbocycles. The van der Waals surface area contributed by atoms with E-state index >= 15 is 0 Å². The van der Waals surface area contributed by atoms with E-state index in [1.165, 1.54) is 6.42 Å². The van der Waals surface area contributed by atoms with Gasteiger partial charge in [-0.3, -0.25) is 9.78 Å². The third-order valence-corrected chi connectivity index (χ3v) is 4.91. The first-order valence-electron chi connectivity index (χ1n) is 9.65. The number of rotatable bonds is 5. The molecule has 0 radical (unpaired) electrons. The lowest BCUT2D eigenvalue weighted by Gasteiger charge is -2.26. The van der Waals surface area contributed by atoms with Gasteiger partial charge in [0.25, 0.3) is 5.91 Å². The van der Waals surface area contributed by atoms with Crippen LogP contribution in [0.1, 0.15) is 35.2 Å². The second kappa shape index (κ2) is 8.61. The smallest absolute Gasteiger partial charge is 0.253 e. The Morgan fingerprint density at radius 2 is 1.82 bits per heavy atom. The molecule has 0 aliphatic carbocycles. The Hall–Kier alpha value is -3.28. The van der Waals surface area contributed by atoms with Crippen LogP contribution in [0.3, 0.4) is 0 Å². The van der Waals surface area contributed by atoms with Gasteiger partial charge < -0.3 is 10.2 Å². The number of nitrogens with zero attached hydrogens (tertiary/aromatic N) is 4. The normalized spacial score (nSPS) is 13.9. The molecule has 3 heterocycles. The number of carbonyl (C=O) groups is 1. The number of pyridine rings is 1. The number of anilines is 1. The van der Waals surface area contributed by atoms with E-state index in [0.717, 1.165) is 48.3 Å². The summed E-state index contributed by atoms with van der Waals surface area (Å²) in [5.74, 6) is 0.696. The molecule has 1 amide bonds. The quantitative estimate of drug-likeness (QED) is 0.737. The molecule has 0 spiro atoms. The predicted octanol–water partition coefficient (Wildman–Crippen LogP) is 3.78. The summed E-state index contributed by atoms with van der Waals surface area (Å²) in [6.07, 6.45) is 8.68. The zero-order valence-electron chi connectivity index (χ0n) is 15.7. The monoisotopic (exact) mass is 373 g/mol. The van der Waals surface area contributed by atoms with Crippen LogP contribution < -0.4 is 5.32 Å². The van der Waals surface area contributed by atoms with Crippen molar-refractivity contribution >= 4 is 11.9 Å². The summed E-state index contributed by atoms with van der Waals surface area (Å²) in [6, 6.07) is 13.5. The lowest BCUT2D eigenvalue weighted by Crippen LogP contribution is -2.35. The Morgan fingerprint density at radius 1 is 1.00 bits per heavy atom. The van der Waals surface area contributed by atoms with E-state index in [1.54, 1.807) is 18.6 Å². The maximum Gasteiger partial charge on any atom is 0.253 e. The maximum absolute atomic E-state index is 12.5. The zero-order valence-corrected chi connectivity index (χ0v) is 15.7. The van der Waals surface area contributed by atoms with Crippen LogP contribution in [0.2, 0.25) is 0 Å². The molecule has 28 heavy (non-hydrogen) atoms. The van der Waals surface area contributed by atoms with Gasteiger partial charge in [-0.15, -0.1) is 0 Å². The van der Waals surface area contributed by atoms with E-state index in [1.807, 2.05) is 47.4 Å². The Kier molecular flexibility index (Phi) is 5.56. The molecular weight excluding hydrogens is 350 g/mol. The van der Waals surface area contributed by atoms with E-state index < -0.39 is 0 Å². The molecule has 1 fully saturated rings. The van der Waals surface area contributed by atoms with E-state index in [0.29, 0.717) is 12.5 Å². The molecule has 4 rings (SSSR count). The van der Waals surface area contributed by atoms with Gasteiger partial charge in [0.15, 0.2) is 0 Å². The molecule has 1 aromatic carbocycles.